The third-order valence-electron chi connectivity index (χ3n) is 7.17. The second-order valence-electron chi connectivity index (χ2n) is 10.6. The predicted molar refractivity (Wildman–Crippen MR) is 145 cm³/mol. The number of rotatable bonds is 6. The molecule has 5 aromatic rings. The minimum absolute atomic E-state index is 0.0364. The zero-order chi connectivity index (χ0) is 25.8. The van der Waals surface area contributed by atoms with Gasteiger partial charge in [-0.3, -0.25) is 4.79 Å². The number of nitrogens with zero attached hydrogens (tertiary/aromatic N) is 7. The van der Waals surface area contributed by atoms with Crippen molar-refractivity contribution < 1.29 is 0 Å². The van der Waals surface area contributed by atoms with Crippen molar-refractivity contribution in [3.63, 3.8) is 0 Å². The molecule has 37 heavy (non-hydrogen) atoms. The zero-order valence-electron chi connectivity index (χ0n) is 21.9. The highest BCUT2D eigenvalue weighted by Crippen LogP contribution is 2.39. The fourth-order valence-electron chi connectivity index (χ4n) is 4.95. The number of hydrogen-bond acceptors (Lipinski definition) is 5. The summed E-state index contributed by atoms with van der Waals surface area (Å²) >= 11 is 0. The maximum atomic E-state index is 14.0. The van der Waals surface area contributed by atoms with E-state index in [0.29, 0.717) is 34.1 Å². The average Bonchev–Trinajstić information content (AvgIpc) is 3.39. The minimum atomic E-state index is -0.0364. The first-order valence-corrected chi connectivity index (χ1v) is 12.9. The van der Waals surface area contributed by atoms with Crippen LogP contribution < -0.4 is 5.43 Å². The minimum Gasteiger partial charge on any atom is -0.344 e. The standard InChI is InChI=1S/C29H31N7O/c1-17(2)35-13-22(23-7-6-8-24(32-23)29-33-31-16-36(29)18(3)4)28(37)21-12-26(19(5)11-27(21)35)34-14-25(30-15-34)20-9-10-20/h6-8,11-18,20H,9-10H2,1-5H3. The third-order valence-corrected chi connectivity index (χ3v) is 7.17. The van der Waals surface area contributed by atoms with Crippen LogP contribution in [0.1, 0.15) is 69.8 Å². The van der Waals surface area contributed by atoms with Gasteiger partial charge in [0.05, 0.1) is 34.5 Å². The largest absolute Gasteiger partial charge is 0.344 e. The van der Waals surface area contributed by atoms with Gasteiger partial charge in [-0.15, -0.1) is 10.2 Å². The summed E-state index contributed by atoms with van der Waals surface area (Å²) in [6.07, 6.45) is 10.0. The molecule has 1 aromatic carbocycles. The lowest BCUT2D eigenvalue weighted by Gasteiger charge is -2.19. The monoisotopic (exact) mass is 493 g/mol. The Kier molecular flexibility index (Phi) is 5.55. The Morgan fingerprint density at radius 2 is 1.70 bits per heavy atom. The van der Waals surface area contributed by atoms with Crippen molar-refractivity contribution in [3.05, 3.63) is 76.9 Å². The van der Waals surface area contributed by atoms with Gasteiger partial charge >= 0.3 is 0 Å². The highest BCUT2D eigenvalue weighted by atomic mass is 16.1. The normalized spacial score (nSPS) is 13.8. The van der Waals surface area contributed by atoms with E-state index in [1.165, 1.54) is 12.8 Å². The molecule has 4 heterocycles. The summed E-state index contributed by atoms with van der Waals surface area (Å²) in [5, 5.41) is 9.05. The average molecular weight is 494 g/mol. The molecule has 0 amide bonds. The molecule has 0 atom stereocenters. The Bertz CT molecular complexity index is 1680. The molecule has 6 rings (SSSR count). The van der Waals surface area contributed by atoms with Crippen molar-refractivity contribution in [1.82, 2.24) is 33.9 Å². The fourth-order valence-corrected chi connectivity index (χ4v) is 4.95. The summed E-state index contributed by atoms with van der Waals surface area (Å²) in [7, 11) is 0. The molecule has 1 saturated carbocycles. The quantitative estimate of drug-likeness (QED) is 0.296. The fraction of sp³-hybridized carbons (Fsp3) is 0.345. The van der Waals surface area contributed by atoms with Gasteiger partial charge < -0.3 is 13.7 Å². The molecule has 0 radical (unpaired) electrons. The first-order valence-electron chi connectivity index (χ1n) is 12.9. The molecular formula is C29H31N7O. The van der Waals surface area contributed by atoms with Gasteiger partial charge in [0.15, 0.2) is 11.3 Å². The lowest BCUT2D eigenvalue weighted by Crippen LogP contribution is -2.15. The van der Waals surface area contributed by atoms with Crippen molar-refractivity contribution in [2.75, 3.05) is 0 Å². The molecule has 1 aliphatic carbocycles. The van der Waals surface area contributed by atoms with E-state index in [-0.39, 0.29) is 17.5 Å². The van der Waals surface area contributed by atoms with Crippen LogP contribution in [0.2, 0.25) is 0 Å². The molecule has 188 valence electrons. The number of hydrogen-bond donors (Lipinski definition) is 0. The molecule has 8 nitrogen and oxygen atoms in total. The van der Waals surface area contributed by atoms with E-state index in [4.69, 9.17) is 4.98 Å². The SMILES string of the molecule is Cc1cc2c(cc1-n1cnc(C3CC3)c1)c(=O)c(-c1cccc(-c3nncn3C(C)C)n1)cn2C(C)C. The lowest BCUT2D eigenvalue weighted by atomic mass is 10.0. The topological polar surface area (TPSA) is 83.4 Å². The molecular weight excluding hydrogens is 462 g/mol. The Morgan fingerprint density at radius 3 is 2.43 bits per heavy atom. The van der Waals surface area contributed by atoms with Gasteiger partial charge in [-0.25, -0.2) is 9.97 Å². The van der Waals surface area contributed by atoms with Crippen molar-refractivity contribution >= 4 is 10.9 Å². The van der Waals surface area contributed by atoms with Crippen LogP contribution in [-0.4, -0.2) is 33.9 Å². The molecule has 0 saturated heterocycles. The van der Waals surface area contributed by atoms with Gasteiger partial charge in [0, 0.05) is 35.8 Å². The van der Waals surface area contributed by atoms with Crippen LogP contribution >= 0.6 is 0 Å². The molecule has 4 aromatic heterocycles. The third kappa shape index (κ3) is 4.06. The van der Waals surface area contributed by atoms with Crippen LogP contribution in [0.3, 0.4) is 0 Å². The first-order chi connectivity index (χ1) is 17.8. The number of aromatic nitrogens is 7. The number of imidazole rings is 1. The summed E-state index contributed by atoms with van der Waals surface area (Å²) in [6, 6.07) is 10.2. The predicted octanol–water partition coefficient (Wildman–Crippen LogP) is 5.86. The van der Waals surface area contributed by atoms with Crippen molar-refractivity contribution in [2.45, 2.75) is 65.5 Å². The maximum absolute atomic E-state index is 14.0. The first kappa shape index (κ1) is 23.3. The summed E-state index contributed by atoms with van der Waals surface area (Å²) in [5.74, 6) is 1.26. The van der Waals surface area contributed by atoms with Crippen molar-refractivity contribution in [3.8, 4) is 28.5 Å². The molecule has 0 N–H and O–H groups in total. The van der Waals surface area contributed by atoms with Gasteiger partial charge in [0.1, 0.15) is 12.0 Å². The van der Waals surface area contributed by atoms with Gasteiger partial charge in [0.2, 0.25) is 0 Å². The number of aryl methyl sites for hydroxylation is 1. The number of benzene rings is 1. The van der Waals surface area contributed by atoms with Crippen LogP contribution in [0.4, 0.5) is 0 Å². The summed E-state index contributed by atoms with van der Waals surface area (Å²) in [5.41, 5.74) is 5.97. The van der Waals surface area contributed by atoms with Crippen LogP contribution in [0.5, 0.6) is 0 Å². The zero-order valence-corrected chi connectivity index (χ0v) is 21.9. The molecule has 0 unspecified atom stereocenters. The number of pyridine rings is 2. The second-order valence-corrected chi connectivity index (χ2v) is 10.6. The molecule has 0 bridgehead atoms. The molecule has 1 aliphatic rings. The lowest BCUT2D eigenvalue weighted by molar-refractivity contribution is 0.603. The Morgan fingerprint density at radius 1 is 0.946 bits per heavy atom. The van der Waals surface area contributed by atoms with E-state index < -0.39 is 0 Å². The molecule has 8 heteroatoms. The van der Waals surface area contributed by atoms with Crippen LogP contribution in [0.25, 0.3) is 39.4 Å². The van der Waals surface area contributed by atoms with E-state index in [0.717, 1.165) is 22.5 Å². The van der Waals surface area contributed by atoms with E-state index >= 15 is 0 Å². The van der Waals surface area contributed by atoms with Gasteiger partial charge in [0.25, 0.3) is 0 Å². The highest BCUT2D eigenvalue weighted by Gasteiger charge is 2.26. The van der Waals surface area contributed by atoms with E-state index in [1.807, 2.05) is 45.9 Å². The molecule has 0 spiro atoms. The number of fused-ring (bicyclic) bond motifs is 1. The highest BCUT2D eigenvalue weighted by molar-refractivity contribution is 5.86. The molecule has 1 fully saturated rings. The summed E-state index contributed by atoms with van der Waals surface area (Å²) in [4.78, 5) is 23.5. The van der Waals surface area contributed by atoms with Gasteiger partial charge in [-0.05, 0) is 77.3 Å². The maximum Gasteiger partial charge on any atom is 0.198 e. The van der Waals surface area contributed by atoms with Crippen molar-refractivity contribution in [1.29, 1.82) is 0 Å². The van der Waals surface area contributed by atoms with E-state index in [1.54, 1.807) is 6.33 Å². The van der Waals surface area contributed by atoms with E-state index in [9.17, 15) is 4.79 Å². The summed E-state index contributed by atoms with van der Waals surface area (Å²) in [6.45, 7) is 10.5. The van der Waals surface area contributed by atoms with Crippen LogP contribution in [-0.2, 0) is 0 Å². The second kappa shape index (κ2) is 8.80. The van der Waals surface area contributed by atoms with Crippen LogP contribution in [0, 0.1) is 6.92 Å². The van der Waals surface area contributed by atoms with Gasteiger partial charge in [-0.2, -0.15) is 0 Å². The Hall–Kier alpha value is -4.07. The van der Waals surface area contributed by atoms with Crippen molar-refractivity contribution in [2.24, 2.45) is 0 Å². The van der Waals surface area contributed by atoms with E-state index in [2.05, 4.69) is 66.6 Å². The van der Waals surface area contributed by atoms with Gasteiger partial charge in [-0.1, -0.05) is 6.07 Å². The Balaban J connectivity index is 1.53. The molecule has 0 aliphatic heterocycles. The smallest absolute Gasteiger partial charge is 0.198 e. The van der Waals surface area contributed by atoms with Crippen LogP contribution in [0.15, 0.2) is 60.2 Å². The Labute approximate surface area is 215 Å². The summed E-state index contributed by atoms with van der Waals surface area (Å²) < 4.78 is 6.19.